The van der Waals surface area contributed by atoms with Crippen molar-refractivity contribution in [3.8, 4) is 17.2 Å². The topological polar surface area (TPSA) is 106 Å². The molecule has 0 bridgehead atoms. The Morgan fingerprint density at radius 2 is 1.78 bits per heavy atom. The van der Waals surface area contributed by atoms with Crippen LogP contribution in [0.15, 0.2) is 42.0 Å². The average molecular weight is 498 g/mol. The van der Waals surface area contributed by atoms with E-state index in [-0.39, 0.29) is 29.4 Å². The lowest BCUT2D eigenvalue weighted by molar-refractivity contribution is -0.140. The van der Waals surface area contributed by atoms with Crippen LogP contribution in [0.5, 0.6) is 17.2 Å². The molecular weight excluding hydrogens is 462 g/mol. The highest BCUT2D eigenvalue weighted by atomic mass is 16.5. The number of likely N-dealkylation sites (tertiary alicyclic amines) is 1. The molecule has 36 heavy (non-hydrogen) atoms. The number of ether oxygens (including phenoxy) is 3. The number of carbonyl (C=O) groups excluding carboxylic acids is 2. The Morgan fingerprint density at radius 1 is 1.00 bits per heavy atom. The van der Waals surface area contributed by atoms with E-state index < -0.39 is 17.7 Å². The number of aliphatic hydroxyl groups excluding tert-OH is 1. The van der Waals surface area contributed by atoms with Crippen LogP contribution in [0.1, 0.15) is 55.8 Å². The lowest BCUT2D eigenvalue weighted by atomic mass is 9.94. The molecule has 0 aliphatic carbocycles. The zero-order valence-corrected chi connectivity index (χ0v) is 21.4. The van der Waals surface area contributed by atoms with Crippen LogP contribution in [0.25, 0.3) is 5.76 Å². The van der Waals surface area contributed by atoms with Gasteiger partial charge >= 0.3 is 0 Å². The lowest BCUT2D eigenvalue weighted by Crippen LogP contribution is -2.31. The first kappa shape index (κ1) is 27.1. The molecule has 0 spiro atoms. The Morgan fingerprint density at radius 3 is 2.44 bits per heavy atom. The molecule has 1 atom stereocenters. The maximum Gasteiger partial charge on any atom is 0.295 e. The number of Topliss-reactive ketones (excluding diaryl/α,β-unsaturated/α-hetero) is 1. The second-order valence-corrected chi connectivity index (χ2v) is 8.68. The standard InChI is InChI=1S/C28H35NO7/c1-5-7-15-36-22-12-10-20(16-18(22)3)26(31)24-25(19-9-11-21(30)23(17-19)35-6-2)29(13-8-14-34-4)28(33)27(24)32/h9-12,16-17,25,30-31H,5-8,13-15H2,1-4H3/b26-24+/t25-/m1/s1. The molecule has 8 heteroatoms. The molecule has 0 radical (unpaired) electrons. The summed E-state index contributed by atoms with van der Waals surface area (Å²) < 4.78 is 16.5. The summed E-state index contributed by atoms with van der Waals surface area (Å²) in [5.74, 6) is -0.826. The van der Waals surface area contributed by atoms with Gasteiger partial charge < -0.3 is 29.3 Å². The molecule has 1 amide bonds. The number of nitrogens with zero attached hydrogens (tertiary/aromatic N) is 1. The summed E-state index contributed by atoms with van der Waals surface area (Å²) in [6.07, 6.45) is 2.47. The zero-order chi connectivity index (χ0) is 26.2. The molecule has 3 rings (SSSR count). The third-order valence-corrected chi connectivity index (χ3v) is 6.09. The number of aryl methyl sites for hydroxylation is 1. The van der Waals surface area contributed by atoms with Crippen molar-refractivity contribution in [3.05, 3.63) is 58.7 Å². The van der Waals surface area contributed by atoms with Gasteiger partial charge in [0.15, 0.2) is 11.5 Å². The summed E-state index contributed by atoms with van der Waals surface area (Å²) in [5.41, 5.74) is 1.76. The van der Waals surface area contributed by atoms with Gasteiger partial charge in [-0.25, -0.2) is 0 Å². The first-order valence-corrected chi connectivity index (χ1v) is 12.3. The fraction of sp³-hybridized carbons (Fsp3) is 0.429. The van der Waals surface area contributed by atoms with Crippen LogP contribution >= 0.6 is 0 Å². The van der Waals surface area contributed by atoms with E-state index in [9.17, 15) is 19.8 Å². The number of unbranched alkanes of at least 4 members (excludes halogenated alkanes) is 1. The number of carbonyl (C=O) groups is 2. The Kier molecular flexibility index (Phi) is 9.36. The number of aromatic hydroxyl groups is 1. The first-order chi connectivity index (χ1) is 17.3. The molecule has 8 nitrogen and oxygen atoms in total. The Hall–Kier alpha value is -3.52. The van der Waals surface area contributed by atoms with Crippen LogP contribution in [-0.2, 0) is 14.3 Å². The average Bonchev–Trinajstić information content (AvgIpc) is 3.11. The molecule has 1 fully saturated rings. The van der Waals surface area contributed by atoms with Gasteiger partial charge in [-0.2, -0.15) is 0 Å². The summed E-state index contributed by atoms with van der Waals surface area (Å²) in [6, 6.07) is 9.03. The number of hydrogen-bond donors (Lipinski definition) is 2. The summed E-state index contributed by atoms with van der Waals surface area (Å²) in [6.45, 7) is 7.34. The normalized spacial score (nSPS) is 17.0. The Bertz CT molecular complexity index is 1120. The molecule has 2 aromatic carbocycles. The minimum absolute atomic E-state index is 0.00962. The quantitative estimate of drug-likeness (QED) is 0.189. The molecule has 194 valence electrons. The molecule has 0 saturated carbocycles. The lowest BCUT2D eigenvalue weighted by Gasteiger charge is -2.26. The second-order valence-electron chi connectivity index (χ2n) is 8.68. The maximum atomic E-state index is 13.2. The molecule has 2 N–H and O–H groups in total. The van der Waals surface area contributed by atoms with E-state index >= 15 is 0 Å². The van der Waals surface area contributed by atoms with Crippen LogP contribution < -0.4 is 9.47 Å². The smallest absolute Gasteiger partial charge is 0.295 e. The number of benzene rings is 2. The van der Waals surface area contributed by atoms with Gasteiger partial charge in [-0.1, -0.05) is 19.4 Å². The molecule has 2 aromatic rings. The van der Waals surface area contributed by atoms with Crippen molar-refractivity contribution in [2.45, 2.75) is 46.1 Å². The summed E-state index contributed by atoms with van der Waals surface area (Å²) in [5, 5.41) is 21.5. The fourth-order valence-electron chi connectivity index (χ4n) is 4.25. The van der Waals surface area contributed by atoms with Gasteiger partial charge in [0.25, 0.3) is 11.7 Å². The van der Waals surface area contributed by atoms with E-state index in [1.54, 1.807) is 44.4 Å². The van der Waals surface area contributed by atoms with Crippen molar-refractivity contribution < 1.29 is 34.0 Å². The number of amides is 1. The van der Waals surface area contributed by atoms with Gasteiger partial charge in [0, 0.05) is 25.8 Å². The third-order valence-electron chi connectivity index (χ3n) is 6.09. The summed E-state index contributed by atoms with van der Waals surface area (Å²) in [7, 11) is 1.57. The number of phenolic OH excluding ortho intramolecular Hbond substituents is 1. The van der Waals surface area contributed by atoms with Crippen LogP contribution in [0, 0.1) is 6.92 Å². The minimum Gasteiger partial charge on any atom is -0.507 e. The van der Waals surface area contributed by atoms with Gasteiger partial charge in [0.2, 0.25) is 0 Å². The van der Waals surface area contributed by atoms with Crippen molar-refractivity contribution in [1.29, 1.82) is 0 Å². The third kappa shape index (κ3) is 5.82. The maximum absolute atomic E-state index is 13.2. The molecule has 1 heterocycles. The van der Waals surface area contributed by atoms with E-state index in [0.717, 1.165) is 18.4 Å². The minimum atomic E-state index is -0.845. The fourth-order valence-corrected chi connectivity index (χ4v) is 4.25. The molecular formula is C28H35NO7. The van der Waals surface area contributed by atoms with E-state index in [0.29, 0.717) is 43.1 Å². The number of phenols is 1. The summed E-state index contributed by atoms with van der Waals surface area (Å²) >= 11 is 0. The largest absolute Gasteiger partial charge is 0.507 e. The molecule has 1 aliphatic heterocycles. The van der Waals surface area contributed by atoms with Crippen LogP contribution in [-0.4, -0.2) is 60.3 Å². The van der Waals surface area contributed by atoms with Crippen molar-refractivity contribution in [2.75, 3.05) is 33.5 Å². The van der Waals surface area contributed by atoms with Gasteiger partial charge in [-0.05, 0) is 68.1 Å². The van der Waals surface area contributed by atoms with Gasteiger partial charge in [-0.15, -0.1) is 0 Å². The van der Waals surface area contributed by atoms with E-state index in [4.69, 9.17) is 14.2 Å². The van der Waals surface area contributed by atoms with Crippen molar-refractivity contribution >= 4 is 17.4 Å². The highest BCUT2D eigenvalue weighted by Gasteiger charge is 2.46. The van der Waals surface area contributed by atoms with Crippen LogP contribution in [0.4, 0.5) is 0 Å². The Labute approximate surface area is 212 Å². The van der Waals surface area contributed by atoms with E-state index in [1.165, 1.54) is 11.0 Å². The molecule has 0 unspecified atom stereocenters. The number of hydrogen-bond acceptors (Lipinski definition) is 7. The molecule has 0 aromatic heterocycles. The number of ketones is 1. The van der Waals surface area contributed by atoms with E-state index in [1.807, 2.05) is 6.92 Å². The van der Waals surface area contributed by atoms with Crippen molar-refractivity contribution in [1.82, 2.24) is 4.90 Å². The number of methoxy groups -OCH3 is 1. The predicted octanol–water partition coefficient (Wildman–Crippen LogP) is 4.74. The number of rotatable bonds is 12. The molecule has 1 saturated heterocycles. The second kappa shape index (κ2) is 12.4. The monoisotopic (exact) mass is 497 g/mol. The van der Waals surface area contributed by atoms with E-state index in [2.05, 4.69) is 6.92 Å². The van der Waals surface area contributed by atoms with Gasteiger partial charge in [0.05, 0.1) is 24.8 Å². The first-order valence-electron chi connectivity index (χ1n) is 12.3. The van der Waals surface area contributed by atoms with Gasteiger partial charge in [-0.3, -0.25) is 9.59 Å². The van der Waals surface area contributed by atoms with Crippen molar-refractivity contribution in [2.24, 2.45) is 0 Å². The number of aliphatic hydroxyl groups is 1. The predicted molar refractivity (Wildman–Crippen MR) is 136 cm³/mol. The van der Waals surface area contributed by atoms with Crippen molar-refractivity contribution in [3.63, 3.8) is 0 Å². The van der Waals surface area contributed by atoms with Gasteiger partial charge in [0.1, 0.15) is 11.5 Å². The summed E-state index contributed by atoms with van der Waals surface area (Å²) in [4.78, 5) is 27.7. The zero-order valence-electron chi connectivity index (χ0n) is 21.4. The van der Waals surface area contributed by atoms with Crippen LogP contribution in [0.2, 0.25) is 0 Å². The van der Waals surface area contributed by atoms with Crippen LogP contribution in [0.3, 0.4) is 0 Å². The highest BCUT2D eigenvalue weighted by Crippen LogP contribution is 2.42. The Balaban J connectivity index is 2.08. The SMILES string of the molecule is CCCCOc1ccc(/C(O)=C2\C(=O)C(=O)N(CCCOC)[C@@H]2c2ccc(O)c(OCC)c2)cc1C. The highest BCUT2D eigenvalue weighted by molar-refractivity contribution is 6.46. The molecule has 1 aliphatic rings.